The first-order valence-electron chi connectivity index (χ1n) is 4.91. The largest absolute Gasteiger partial charge is 0.145 e. The molecule has 0 spiro atoms. The maximum atomic E-state index is 2.33. The van der Waals surface area contributed by atoms with E-state index in [1.807, 2.05) is 0 Å². The summed E-state index contributed by atoms with van der Waals surface area (Å²) < 4.78 is 0.759. The van der Waals surface area contributed by atoms with E-state index in [0.29, 0.717) is 0 Å². The summed E-state index contributed by atoms with van der Waals surface area (Å²) in [7, 11) is 0. The van der Waals surface area contributed by atoms with E-state index in [2.05, 4.69) is 58.1 Å². The minimum absolute atomic E-state index is 0.759. The van der Waals surface area contributed by atoms with Gasteiger partial charge in [0.25, 0.3) is 0 Å². The van der Waals surface area contributed by atoms with E-state index in [1.54, 1.807) is 0 Å². The molecule has 0 radical (unpaired) electrons. The molecule has 0 amide bonds. The molecule has 0 rings (SSSR count). The molecule has 2 atom stereocenters. The van der Waals surface area contributed by atoms with Gasteiger partial charge in [0.2, 0.25) is 0 Å². The normalized spacial score (nSPS) is 18.8. The zero-order valence-electron chi connectivity index (χ0n) is 8.96. The highest BCUT2D eigenvalue weighted by Crippen LogP contribution is 2.31. The molecule has 12 heavy (non-hydrogen) atoms. The van der Waals surface area contributed by atoms with Crippen LogP contribution in [0.1, 0.15) is 47.5 Å². The van der Waals surface area contributed by atoms with Gasteiger partial charge in [0.15, 0.2) is 0 Å². The van der Waals surface area contributed by atoms with Crippen LogP contribution >= 0.6 is 23.5 Å². The van der Waals surface area contributed by atoms with Gasteiger partial charge in [0, 0.05) is 15.1 Å². The van der Waals surface area contributed by atoms with E-state index in [0.717, 1.165) is 15.1 Å². The Balaban J connectivity index is 3.51. The number of hydrogen-bond acceptors (Lipinski definition) is 2. The summed E-state index contributed by atoms with van der Waals surface area (Å²) in [6, 6.07) is 0. The van der Waals surface area contributed by atoms with Crippen LogP contribution in [-0.2, 0) is 0 Å². The number of rotatable bonds is 6. The maximum absolute atomic E-state index is 2.33. The zero-order valence-corrected chi connectivity index (χ0v) is 10.6. The highest BCUT2D eigenvalue weighted by Gasteiger charge is 2.10. The molecule has 0 aliphatic heterocycles. The summed E-state index contributed by atoms with van der Waals surface area (Å²) in [5.74, 6) is 0. The quantitative estimate of drug-likeness (QED) is 0.591. The van der Waals surface area contributed by atoms with Crippen molar-refractivity contribution in [3.8, 4) is 0 Å². The minimum Gasteiger partial charge on any atom is -0.145 e. The van der Waals surface area contributed by atoms with E-state index in [1.165, 1.54) is 12.8 Å². The first kappa shape index (κ1) is 12.7. The lowest BCUT2D eigenvalue weighted by atomic mass is 10.4. The van der Waals surface area contributed by atoms with Gasteiger partial charge in [-0.1, -0.05) is 27.7 Å². The van der Waals surface area contributed by atoms with Crippen LogP contribution in [0.15, 0.2) is 0 Å². The smallest absolute Gasteiger partial charge is 0.0479 e. The third kappa shape index (κ3) is 6.24. The van der Waals surface area contributed by atoms with Crippen molar-refractivity contribution >= 4 is 23.5 Å². The van der Waals surface area contributed by atoms with Gasteiger partial charge in [0.1, 0.15) is 0 Å². The predicted octanol–water partition coefficient (Wildman–Crippen LogP) is 4.40. The third-order valence-electron chi connectivity index (χ3n) is 2.00. The lowest BCUT2D eigenvalue weighted by Crippen LogP contribution is -2.04. The Kier molecular flexibility index (Phi) is 7.55. The lowest BCUT2D eigenvalue weighted by molar-refractivity contribution is 0.896. The fourth-order valence-corrected chi connectivity index (χ4v) is 3.97. The Morgan fingerprint density at radius 1 is 0.833 bits per heavy atom. The molecule has 0 aromatic rings. The fraction of sp³-hybridized carbons (Fsp3) is 1.00. The van der Waals surface area contributed by atoms with Crippen molar-refractivity contribution in [3.05, 3.63) is 0 Å². The monoisotopic (exact) mass is 206 g/mol. The van der Waals surface area contributed by atoms with Crippen LogP contribution in [0, 0.1) is 0 Å². The molecule has 0 aromatic heterocycles. The van der Waals surface area contributed by atoms with E-state index in [4.69, 9.17) is 0 Å². The average Bonchev–Trinajstić information content (AvgIpc) is 2.03. The Morgan fingerprint density at radius 2 is 1.17 bits per heavy atom. The Bertz CT molecular complexity index is 92.0. The zero-order chi connectivity index (χ0) is 9.56. The second-order valence-corrected chi connectivity index (χ2v) is 7.14. The van der Waals surface area contributed by atoms with Gasteiger partial charge in [-0.2, -0.15) is 0 Å². The van der Waals surface area contributed by atoms with Gasteiger partial charge in [-0.3, -0.25) is 0 Å². The van der Waals surface area contributed by atoms with Gasteiger partial charge in [-0.05, 0) is 19.8 Å². The van der Waals surface area contributed by atoms with Crippen LogP contribution in [0.4, 0.5) is 0 Å². The molecule has 0 N–H and O–H groups in total. The summed E-state index contributed by atoms with van der Waals surface area (Å²) in [5, 5.41) is 1.63. The molecular weight excluding hydrogens is 184 g/mol. The molecule has 0 aromatic carbocycles. The maximum Gasteiger partial charge on any atom is 0.0479 e. The second kappa shape index (κ2) is 7.14. The molecule has 0 fully saturated rings. The van der Waals surface area contributed by atoms with Crippen molar-refractivity contribution in [2.75, 3.05) is 0 Å². The molecule has 0 saturated heterocycles. The van der Waals surface area contributed by atoms with Crippen molar-refractivity contribution in [3.63, 3.8) is 0 Å². The molecule has 0 heterocycles. The molecule has 2 unspecified atom stereocenters. The van der Waals surface area contributed by atoms with Crippen molar-refractivity contribution in [2.45, 2.75) is 62.5 Å². The van der Waals surface area contributed by atoms with Crippen molar-refractivity contribution in [2.24, 2.45) is 0 Å². The third-order valence-corrected chi connectivity index (χ3v) is 5.03. The molecule has 0 bridgehead atoms. The van der Waals surface area contributed by atoms with Crippen LogP contribution in [-0.4, -0.2) is 15.1 Å². The molecule has 0 saturated carbocycles. The topological polar surface area (TPSA) is 0 Å². The van der Waals surface area contributed by atoms with Crippen LogP contribution < -0.4 is 0 Å². The lowest BCUT2D eigenvalue weighted by Gasteiger charge is -2.18. The first-order valence-corrected chi connectivity index (χ1v) is 6.79. The number of thioether (sulfide) groups is 2. The summed E-state index contributed by atoms with van der Waals surface area (Å²) >= 11 is 4.21. The fourth-order valence-electron chi connectivity index (χ4n) is 0.879. The van der Waals surface area contributed by atoms with Gasteiger partial charge in [0.05, 0.1) is 0 Å². The highest BCUT2D eigenvalue weighted by atomic mass is 32.2. The Morgan fingerprint density at radius 3 is 1.42 bits per heavy atom. The molecular formula is C10H22S2. The standard InChI is InChI=1S/C10H22S2/c1-6-8(3)11-10(5)12-9(4)7-2/h8-10H,6-7H2,1-5H3. The van der Waals surface area contributed by atoms with Crippen LogP contribution in [0.25, 0.3) is 0 Å². The number of hydrogen-bond donors (Lipinski definition) is 0. The Hall–Kier alpha value is 0.700. The Labute approximate surface area is 86.3 Å². The van der Waals surface area contributed by atoms with E-state index in [9.17, 15) is 0 Å². The summed E-state index contributed by atoms with van der Waals surface area (Å²) in [4.78, 5) is 0. The van der Waals surface area contributed by atoms with Crippen LogP contribution in [0.5, 0.6) is 0 Å². The molecule has 74 valence electrons. The summed E-state index contributed by atoms with van der Waals surface area (Å²) in [6.07, 6.45) is 2.58. The average molecular weight is 206 g/mol. The van der Waals surface area contributed by atoms with E-state index < -0.39 is 0 Å². The molecule has 2 heteroatoms. The molecule has 0 aliphatic carbocycles. The minimum atomic E-state index is 0.759. The van der Waals surface area contributed by atoms with Crippen LogP contribution in [0.3, 0.4) is 0 Å². The van der Waals surface area contributed by atoms with Gasteiger partial charge in [-0.15, -0.1) is 23.5 Å². The highest BCUT2D eigenvalue weighted by molar-refractivity contribution is 8.17. The van der Waals surface area contributed by atoms with E-state index in [-0.39, 0.29) is 0 Å². The van der Waals surface area contributed by atoms with Crippen molar-refractivity contribution in [1.29, 1.82) is 0 Å². The van der Waals surface area contributed by atoms with Crippen LogP contribution in [0.2, 0.25) is 0 Å². The van der Waals surface area contributed by atoms with Gasteiger partial charge < -0.3 is 0 Å². The van der Waals surface area contributed by atoms with E-state index >= 15 is 0 Å². The first-order chi connectivity index (χ1) is 5.60. The summed E-state index contributed by atoms with van der Waals surface area (Å²) in [6.45, 7) is 11.5. The van der Waals surface area contributed by atoms with Gasteiger partial charge >= 0.3 is 0 Å². The predicted molar refractivity (Wildman–Crippen MR) is 64.2 cm³/mol. The second-order valence-electron chi connectivity index (χ2n) is 3.28. The SMILES string of the molecule is CCC(C)SC(C)SC(C)CC. The summed E-state index contributed by atoms with van der Waals surface area (Å²) in [5.41, 5.74) is 0. The van der Waals surface area contributed by atoms with Gasteiger partial charge in [-0.25, -0.2) is 0 Å². The van der Waals surface area contributed by atoms with Crippen molar-refractivity contribution in [1.82, 2.24) is 0 Å². The van der Waals surface area contributed by atoms with Crippen molar-refractivity contribution < 1.29 is 0 Å². The molecule has 0 aliphatic rings. The molecule has 0 nitrogen and oxygen atoms in total.